The second-order valence-corrected chi connectivity index (χ2v) is 7.35. The van der Waals surface area contributed by atoms with Crippen molar-refractivity contribution in [3.63, 3.8) is 0 Å². The first kappa shape index (κ1) is 17.7. The Morgan fingerprint density at radius 2 is 1.89 bits per heavy atom. The van der Waals surface area contributed by atoms with E-state index in [0.717, 1.165) is 36.3 Å². The molecule has 1 aromatic carbocycles. The third-order valence-electron chi connectivity index (χ3n) is 5.52. The van der Waals surface area contributed by atoms with Crippen molar-refractivity contribution in [2.24, 2.45) is 0 Å². The summed E-state index contributed by atoms with van der Waals surface area (Å²) in [5.41, 5.74) is 4.85. The average molecular weight is 379 g/mol. The fourth-order valence-electron chi connectivity index (χ4n) is 3.72. The zero-order valence-corrected chi connectivity index (χ0v) is 16.3. The Balaban J connectivity index is 1.68. The lowest BCUT2D eigenvalue weighted by molar-refractivity contribution is -0.125. The van der Waals surface area contributed by atoms with E-state index in [-0.39, 0.29) is 5.91 Å². The molecule has 1 fully saturated rings. The van der Waals surface area contributed by atoms with E-state index in [4.69, 9.17) is 12.2 Å². The molecule has 0 saturated heterocycles. The number of nitrogens with zero attached hydrogens (tertiary/aromatic N) is 4. The molecular weight excluding hydrogens is 356 g/mol. The number of likely N-dealkylation sites (N-methyl/N-ethyl adjacent to an activating group) is 1. The number of carbonyl (C=O) groups is 1. The van der Waals surface area contributed by atoms with Crippen molar-refractivity contribution >= 4 is 40.6 Å². The van der Waals surface area contributed by atoms with Crippen LogP contribution < -0.4 is 9.80 Å². The van der Waals surface area contributed by atoms with E-state index in [1.807, 2.05) is 53.0 Å². The second kappa shape index (κ2) is 6.78. The molecule has 5 nitrogen and oxygen atoms in total. The third-order valence-corrected chi connectivity index (χ3v) is 5.73. The van der Waals surface area contributed by atoms with Gasteiger partial charge in [-0.2, -0.15) is 0 Å². The quantitative estimate of drug-likeness (QED) is 0.630. The molecule has 2 aromatic heterocycles. The molecule has 0 aliphatic heterocycles. The van der Waals surface area contributed by atoms with Crippen LogP contribution in [0, 0.1) is 6.92 Å². The molecule has 0 spiro atoms. The van der Waals surface area contributed by atoms with Crippen LogP contribution in [0.3, 0.4) is 0 Å². The number of hydrogen-bond acceptors (Lipinski definition) is 3. The van der Waals surface area contributed by atoms with Gasteiger partial charge in [-0.1, -0.05) is 29.9 Å². The zero-order valence-electron chi connectivity index (χ0n) is 15.5. The smallest absolute Gasteiger partial charge is 0.253 e. The van der Waals surface area contributed by atoms with Gasteiger partial charge in [-0.3, -0.25) is 4.79 Å². The van der Waals surface area contributed by atoms with Crippen molar-refractivity contribution in [2.45, 2.75) is 31.7 Å². The number of aryl methyl sites for hydroxylation is 1. The summed E-state index contributed by atoms with van der Waals surface area (Å²) >= 11 is 5.33. The predicted molar refractivity (Wildman–Crippen MR) is 112 cm³/mol. The fourth-order valence-corrected chi connectivity index (χ4v) is 4.04. The van der Waals surface area contributed by atoms with Gasteiger partial charge in [0, 0.05) is 31.3 Å². The number of hydrogen-bond donors (Lipinski definition) is 0. The first-order valence-electron chi connectivity index (χ1n) is 9.07. The maximum atomic E-state index is 13.6. The summed E-state index contributed by atoms with van der Waals surface area (Å²) in [6.07, 6.45) is 8.17. The lowest BCUT2D eigenvalue weighted by atomic mass is 9.74. The summed E-state index contributed by atoms with van der Waals surface area (Å²) in [6.45, 7) is 2.05. The highest BCUT2D eigenvalue weighted by Crippen LogP contribution is 2.42. The lowest BCUT2D eigenvalue weighted by Gasteiger charge is -2.49. The normalized spacial score (nSPS) is 15.2. The molecule has 27 heavy (non-hydrogen) atoms. The molecular formula is C21H22N4OS. The van der Waals surface area contributed by atoms with Gasteiger partial charge in [-0.05, 0) is 50.5 Å². The molecule has 1 aliphatic carbocycles. The van der Waals surface area contributed by atoms with Crippen LogP contribution in [-0.2, 0) is 4.79 Å². The van der Waals surface area contributed by atoms with Gasteiger partial charge in [0.25, 0.3) is 5.91 Å². The molecule has 0 bridgehead atoms. The number of fused-ring (bicyclic) bond motifs is 1. The van der Waals surface area contributed by atoms with Crippen molar-refractivity contribution in [2.75, 3.05) is 16.8 Å². The molecule has 6 heteroatoms. The molecule has 1 saturated carbocycles. The van der Waals surface area contributed by atoms with Crippen LogP contribution in [0.2, 0.25) is 0 Å². The Kier molecular flexibility index (Phi) is 4.44. The Hall–Kier alpha value is -2.73. The molecule has 3 aromatic rings. The summed E-state index contributed by atoms with van der Waals surface area (Å²) in [6, 6.07) is 12.0. The first-order chi connectivity index (χ1) is 13.0. The van der Waals surface area contributed by atoms with E-state index in [1.54, 1.807) is 16.6 Å². The summed E-state index contributed by atoms with van der Waals surface area (Å²) in [5, 5.41) is 0. The van der Waals surface area contributed by atoms with E-state index in [1.165, 1.54) is 5.56 Å². The van der Waals surface area contributed by atoms with Gasteiger partial charge in [0.05, 0.1) is 11.2 Å². The van der Waals surface area contributed by atoms with Crippen molar-refractivity contribution < 1.29 is 4.79 Å². The van der Waals surface area contributed by atoms with Gasteiger partial charge >= 0.3 is 0 Å². The zero-order chi connectivity index (χ0) is 19.0. The van der Waals surface area contributed by atoms with Crippen LogP contribution in [0.1, 0.15) is 24.8 Å². The van der Waals surface area contributed by atoms with Crippen LogP contribution >= 0.6 is 12.2 Å². The number of carbonyl (C=O) groups excluding carboxylic acids is 1. The van der Waals surface area contributed by atoms with E-state index in [0.29, 0.717) is 0 Å². The number of imidazole rings is 1. The summed E-state index contributed by atoms with van der Waals surface area (Å²) in [4.78, 5) is 21.5. The van der Waals surface area contributed by atoms with Crippen molar-refractivity contribution in [1.82, 2.24) is 9.38 Å². The molecule has 2 heterocycles. The molecule has 138 valence electrons. The first-order valence-corrected chi connectivity index (χ1v) is 9.54. The van der Waals surface area contributed by atoms with Gasteiger partial charge in [0.15, 0.2) is 0 Å². The van der Waals surface area contributed by atoms with Crippen LogP contribution in [0.4, 0.5) is 11.4 Å². The van der Waals surface area contributed by atoms with Crippen LogP contribution in [0.15, 0.2) is 55.0 Å². The molecule has 0 N–H and O–H groups in total. The minimum Gasteiger partial charge on any atom is -0.323 e. The summed E-state index contributed by atoms with van der Waals surface area (Å²) in [7, 11) is 1.83. The SMILES string of the molecule is Cc1ccc(N(C=S)C2(C(=O)N(C)c3ccc4nccn4c3)CCC2)cc1. The number of pyridine rings is 1. The number of rotatable bonds is 5. The Labute approximate surface area is 164 Å². The second-order valence-electron chi connectivity index (χ2n) is 7.14. The van der Waals surface area contributed by atoms with Crippen molar-refractivity contribution in [3.8, 4) is 0 Å². The van der Waals surface area contributed by atoms with Crippen molar-refractivity contribution in [1.29, 1.82) is 0 Å². The Morgan fingerprint density at radius 1 is 1.19 bits per heavy atom. The molecule has 0 radical (unpaired) electrons. The topological polar surface area (TPSA) is 40.9 Å². The average Bonchev–Trinajstić information content (AvgIpc) is 3.12. The highest BCUT2D eigenvalue weighted by atomic mass is 32.1. The molecule has 0 atom stereocenters. The molecule has 4 rings (SSSR count). The van der Waals surface area contributed by atoms with E-state index < -0.39 is 5.54 Å². The van der Waals surface area contributed by atoms with E-state index >= 15 is 0 Å². The van der Waals surface area contributed by atoms with Crippen LogP contribution in [-0.4, -0.2) is 33.4 Å². The number of thiocarbonyl (C=S) groups is 1. The van der Waals surface area contributed by atoms with E-state index in [9.17, 15) is 4.79 Å². The van der Waals surface area contributed by atoms with Gasteiger partial charge in [0.2, 0.25) is 0 Å². The monoisotopic (exact) mass is 378 g/mol. The highest BCUT2D eigenvalue weighted by Gasteiger charge is 2.50. The highest BCUT2D eigenvalue weighted by molar-refractivity contribution is 7.79. The minimum absolute atomic E-state index is 0.0647. The van der Waals surface area contributed by atoms with Gasteiger partial charge in [-0.25, -0.2) is 4.98 Å². The largest absolute Gasteiger partial charge is 0.323 e. The summed E-state index contributed by atoms with van der Waals surface area (Å²) < 4.78 is 1.92. The summed E-state index contributed by atoms with van der Waals surface area (Å²) in [5.74, 6) is 0.0647. The Morgan fingerprint density at radius 3 is 2.52 bits per heavy atom. The molecule has 1 amide bonds. The number of benzene rings is 1. The standard InChI is InChI=1S/C21H22N4OS/c1-16-4-6-17(7-5-16)25(15-27)21(10-3-11-21)20(26)23(2)18-8-9-19-22-12-13-24(19)14-18/h4-9,12-15H,3,10-11H2,1-2H3. The lowest BCUT2D eigenvalue weighted by Crippen LogP contribution is -2.63. The van der Waals surface area contributed by atoms with Gasteiger partial charge < -0.3 is 14.2 Å². The molecule has 1 aliphatic rings. The maximum absolute atomic E-state index is 13.6. The van der Waals surface area contributed by atoms with E-state index in [2.05, 4.69) is 24.0 Å². The predicted octanol–water partition coefficient (Wildman–Crippen LogP) is 3.99. The Bertz CT molecular complexity index is 991. The number of amides is 1. The van der Waals surface area contributed by atoms with Crippen LogP contribution in [0.5, 0.6) is 0 Å². The maximum Gasteiger partial charge on any atom is 0.253 e. The third kappa shape index (κ3) is 2.90. The number of anilines is 2. The molecule has 0 unspecified atom stereocenters. The number of aromatic nitrogens is 2. The fraction of sp³-hybridized carbons (Fsp3) is 0.286. The van der Waals surface area contributed by atoms with Crippen molar-refractivity contribution in [3.05, 3.63) is 60.6 Å². The van der Waals surface area contributed by atoms with Gasteiger partial charge in [-0.15, -0.1) is 0 Å². The van der Waals surface area contributed by atoms with Crippen LogP contribution in [0.25, 0.3) is 5.65 Å². The minimum atomic E-state index is -0.615. The van der Waals surface area contributed by atoms with Gasteiger partial charge in [0.1, 0.15) is 11.2 Å².